The Morgan fingerprint density at radius 2 is 0.962 bits per heavy atom. The van der Waals surface area contributed by atoms with Gasteiger partial charge in [0.2, 0.25) is 0 Å². The number of hydrogen-bond acceptors (Lipinski definition) is 6. The molecule has 2 aliphatic carbocycles. The minimum absolute atomic E-state index is 0.252. The van der Waals surface area contributed by atoms with Crippen LogP contribution in [0.4, 0.5) is 0 Å². The summed E-state index contributed by atoms with van der Waals surface area (Å²) in [5.74, 6) is -4.70. The molecule has 26 heavy (non-hydrogen) atoms. The third-order valence-electron chi connectivity index (χ3n) is 4.72. The third-order valence-corrected chi connectivity index (χ3v) is 4.72. The summed E-state index contributed by atoms with van der Waals surface area (Å²) in [7, 11) is 0. The molecule has 0 aromatic heterocycles. The SMILES string of the molecule is O=C(CC(C(=O)O)=C(CC(=O)OC1CCCC1)C(=O)O)OC1CCCC1. The zero-order chi connectivity index (χ0) is 19.1. The normalized spacial score (nSPS) is 19.1. The van der Waals surface area contributed by atoms with Gasteiger partial charge in [0.25, 0.3) is 0 Å². The van der Waals surface area contributed by atoms with Crippen molar-refractivity contribution in [2.45, 2.75) is 76.4 Å². The van der Waals surface area contributed by atoms with E-state index in [9.17, 15) is 29.4 Å². The molecule has 2 aliphatic rings. The first-order valence-corrected chi connectivity index (χ1v) is 8.94. The predicted octanol–water partition coefficient (Wildman–Crippen LogP) is 2.20. The number of carboxylic acids is 2. The molecule has 0 radical (unpaired) electrons. The fourth-order valence-electron chi connectivity index (χ4n) is 3.38. The summed E-state index contributed by atoms with van der Waals surface area (Å²) >= 11 is 0. The second-order valence-electron chi connectivity index (χ2n) is 6.71. The van der Waals surface area contributed by atoms with E-state index in [0.717, 1.165) is 51.4 Å². The van der Waals surface area contributed by atoms with Crippen LogP contribution in [0.15, 0.2) is 11.1 Å². The molecular weight excluding hydrogens is 344 g/mol. The lowest BCUT2D eigenvalue weighted by atomic mass is 10.0. The van der Waals surface area contributed by atoms with Gasteiger partial charge in [-0.3, -0.25) is 9.59 Å². The highest BCUT2D eigenvalue weighted by Crippen LogP contribution is 2.24. The van der Waals surface area contributed by atoms with Gasteiger partial charge in [-0.1, -0.05) is 0 Å². The van der Waals surface area contributed by atoms with E-state index in [1.165, 1.54) is 0 Å². The first-order valence-electron chi connectivity index (χ1n) is 8.94. The molecule has 0 atom stereocenters. The smallest absolute Gasteiger partial charge is 0.332 e. The number of rotatable bonds is 8. The Morgan fingerprint density at radius 3 is 1.23 bits per heavy atom. The molecule has 0 aromatic rings. The highest BCUT2D eigenvalue weighted by atomic mass is 16.5. The lowest BCUT2D eigenvalue weighted by Crippen LogP contribution is -2.22. The maximum atomic E-state index is 12.0. The molecule has 144 valence electrons. The van der Waals surface area contributed by atoms with E-state index in [4.69, 9.17) is 9.47 Å². The van der Waals surface area contributed by atoms with E-state index in [1.807, 2.05) is 0 Å². The Hall–Kier alpha value is -2.38. The van der Waals surface area contributed by atoms with Crippen molar-refractivity contribution >= 4 is 23.9 Å². The molecule has 8 nitrogen and oxygen atoms in total. The van der Waals surface area contributed by atoms with Crippen molar-refractivity contribution in [1.82, 2.24) is 0 Å². The van der Waals surface area contributed by atoms with Gasteiger partial charge in [0.05, 0.1) is 24.0 Å². The van der Waals surface area contributed by atoms with Crippen LogP contribution in [0.25, 0.3) is 0 Å². The van der Waals surface area contributed by atoms with Crippen LogP contribution in [0.5, 0.6) is 0 Å². The molecule has 8 heteroatoms. The van der Waals surface area contributed by atoms with Crippen molar-refractivity contribution in [3.05, 3.63) is 11.1 Å². The van der Waals surface area contributed by atoms with Crippen LogP contribution in [0.2, 0.25) is 0 Å². The van der Waals surface area contributed by atoms with Gasteiger partial charge < -0.3 is 19.7 Å². The van der Waals surface area contributed by atoms with E-state index in [-0.39, 0.29) is 12.2 Å². The molecule has 0 saturated heterocycles. The van der Waals surface area contributed by atoms with Gasteiger partial charge in [-0.2, -0.15) is 0 Å². The summed E-state index contributed by atoms with van der Waals surface area (Å²) in [5, 5.41) is 18.6. The molecular formula is C18H24O8. The van der Waals surface area contributed by atoms with Crippen molar-refractivity contribution in [1.29, 1.82) is 0 Å². The zero-order valence-corrected chi connectivity index (χ0v) is 14.6. The molecule has 2 saturated carbocycles. The summed E-state index contributed by atoms with van der Waals surface area (Å²) in [6, 6.07) is 0. The van der Waals surface area contributed by atoms with Gasteiger partial charge in [-0.05, 0) is 51.4 Å². The van der Waals surface area contributed by atoms with Crippen LogP contribution in [0, 0.1) is 0 Å². The van der Waals surface area contributed by atoms with E-state index in [1.54, 1.807) is 0 Å². The molecule has 0 heterocycles. The molecule has 0 spiro atoms. The van der Waals surface area contributed by atoms with Gasteiger partial charge in [-0.15, -0.1) is 0 Å². The van der Waals surface area contributed by atoms with Crippen LogP contribution in [-0.4, -0.2) is 46.3 Å². The monoisotopic (exact) mass is 368 g/mol. The van der Waals surface area contributed by atoms with E-state index < -0.39 is 47.9 Å². The van der Waals surface area contributed by atoms with Crippen molar-refractivity contribution in [3.8, 4) is 0 Å². The van der Waals surface area contributed by atoms with Crippen LogP contribution in [-0.2, 0) is 28.7 Å². The number of carboxylic acid groups (broad SMARTS) is 2. The highest BCUT2D eigenvalue weighted by Gasteiger charge is 2.28. The van der Waals surface area contributed by atoms with Crippen molar-refractivity contribution in [3.63, 3.8) is 0 Å². The zero-order valence-electron chi connectivity index (χ0n) is 14.6. The Balaban J connectivity index is 2.06. The van der Waals surface area contributed by atoms with Crippen LogP contribution >= 0.6 is 0 Å². The van der Waals surface area contributed by atoms with Gasteiger partial charge >= 0.3 is 23.9 Å². The summed E-state index contributed by atoms with van der Waals surface area (Å²) in [6.45, 7) is 0. The van der Waals surface area contributed by atoms with Gasteiger partial charge in [0, 0.05) is 0 Å². The molecule has 2 rings (SSSR count). The summed E-state index contributed by atoms with van der Waals surface area (Å²) in [6.07, 6.45) is 4.74. The van der Waals surface area contributed by atoms with Gasteiger partial charge in [-0.25, -0.2) is 9.59 Å². The van der Waals surface area contributed by atoms with Crippen LogP contribution < -0.4 is 0 Å². The fraction of sp³-hybridized carbons (Fsp3) is 0.667. The summed E-state index contributed by atoms with van der Waals surface area (Å²) in [5.41, 5.74) is -1.27. The van der Waals surface area contributed by atoms with Gasteiger partial charge in [0.15, 0.2) is 0 Å². The Labute approximate surface area is 151 Å². The largest absolute Gasteiger partial charge is 0.478 e. The number of ether oxygens (including phenoxy) is 2. The Morgan fingerprint density at radius 1 is 0.654 bits per heavy atom. The number of esters is 2. The van der Waals surface area contributed by atoms with Crippen LogP contribution in [0.3, 0.4) is 0 Å². The molecule has 0 aliphatic heterocycles. The maximum Gasteiger partial charge on any atom is 0.332 e. The predicted molar refractivity (Wildman–Crippen MR) is 88.2 cm³/mol. The van der Waals surface area contributed by atoms with E-state index in [0.29, 0.717) is 0 Å². The molecule has 2 fully saturated rings. The van der Waals surface area contributed by atoms with Crippen molar-refractivity contribution in [2.24, 2.45) is 0 Å². The van der Waals surface area contributed by atoms with Crippen LogP contribution in [0.1, 0.15) is 64.2 Å². The third kappa shape index (κ3) is 5.86. The molecule has 2 N–H and O–H groups in total. The lowest BCUT2D eigenvalue weighted by molar-refractivity contribution is -0.150. The first kappa shape index (κ1) is 19.9. The van der Waals surface area contributed by atoms with E-state index in [2.05, 4.69) is 0 Å². The van der Waals surface area contributed by atoms with Crippen molar-refractivity contribution < 1.29 is 38.9 Å². The quantitative estimate of drug-likeness (QED) is 0.493. The minimum atomic E-state index is -1.56. The summed E-state index contributed by atoms with van der Waals surface area (Å²) in [4.78, 5) is 46.9. The number of hydrogen-bond donors (Lipinski definition) is 2. The number of carbonyl (C=O) groups is 4. The standard InChI is InChI=1S/C18H24O8/c19-15(25-11-5-1-2-6-11)9-13(17(21)22)14(18(23)24)10-16(20)26-12-7-3-4-8-12/h11-12H,1-10H2,(H,21,22)(H,23,24). The first-order chi connectivity index (χ1) is 12.4. The average Bonchev–Trinajstić information content (AvgIpc) is 3.24. The Bertz CT molecular complexity index is 542. The van der Waals surface area contributed by atoms with E-state index >= 15 is 0 Å². The lowest BCUT2D eigenvalue weighted by Gasteiger charge is -2.14. The molecule has 0 unspecified atom stereocenters. The van der Waals surface area contributed by atoms with Crippen molar-refractivity contribution in [2.75, 3.05) is 0 Å². The highest BCUT2D eigenvalue weighted by molar-refractivity contribution is 6.04. The molecule has 0 amide bonds. The average molecular weight is 368 g/mol. The second-order valence-corrected chi connectivity index (χ2v) is 6.71. The number of carbonyl (C=O) groups excluding carboxylic acids is 2. The van der Waals surface area contributed by atoms with Gasteiger partial charge in [0.1, 0.15) is 12.2 Å². The summed E-state index contributed by atoms with van der Waals surface area (Å²) < 4.78 is 10.4. The molecule has 0 aromatic carbocycles. The fourth-order valence-corrected chi connectivity index (χ4v) is 3.38. The molecule has 0 bridgehead atoms. The maximum absolute atomic E-state index is 12.0. The minimum Gasteiger partial charge on any atom is -0.478 e. The second kappa shape index (κ2) is 9.35. The number of aliphatic carboxylic acids is 2. The Kier molecular flexibility index (Phi) is 7.17. The topological polar surface area (TPSA) is 127 Å².